The summed E-state index contributed by atoms with van der Waals surface area (Å²) in [5.74, 6) is 2.08. The van der Waals surface area contributed by atoms with Crippen LogP contribution in [-0.4, -0.2) is 37.8 Å². The molecule has 2 N–H and O–H groups in total. The number of hydrogen-bond acceptors (Lipinski definition) is 5. The van der Waals surface area contributed by atoms with Crippen molar-refractivity contribution in [3.8, 4) is 17.2 Å². The molecule has 1 spiro atoms. The van der Waals surface area contributed by atoms with Gasteiger partial charge in [-0.15, -0.1) is 0 Å². The van der Waals surface area contributed by atoms with Crippen LogP contribution in [0.3, 0.4) is 0 Å². The van der Waals surface area contributed by atoms with Gasteiger partial charge < -0.3 is 24.8 Å². The van der Waals surface area contributed by atoms with Gasteiger partial charge in [-0.2, -0.15) is 0 Å². The average Bonchev–Trinajstić information content (AvgIpc) is 2.74. The lowest BCUT2D eigenvalue weighted by Gasteiger charge is -2.44. The zero-order valence-corrected chi connectivity index (χ0v) is 15.7. The number of piperidine rings is 1. The molecule has 0 bridgehead atoms. The van der Waals surface area contributed by atoms with Gasteiger partial charge in [0.15, 0.2) is 11.5 Å². The Kier molecular flexibility index (Phi) is 4.36. The Labute approximate surface area is 164 Å². The Morgan fingerprint density at radius 3 is 2.64 bits per heavy atom. The first-order valence-electron chi connectivity index (χ1n) is 9.92. The van der Waals surface area contributed by atoms with E-state index in [1.165, 1.54) is 0 Å². The Balaban J connectivity index is 1.41. The van der Waals surface area contributed by atoms with Gasteiger partial charge in [0.1, 0.15) is 24.6 Å². The molecule has 0 aromatic heterocycles. The molecule has 3 aliphatic heterocycles. The minimum Gasteiger partial charge on any atom is -0.487 e. The fraction of sp³-hybridized carbons (Fsp3) is 0.409. The first-order chi connectivity index (χ1) is 13.7. The number of hydrogen-bond donors (Lipinski definition) is 2. The lowest BCUT2D eigenvalue weighted by Crippen LogP contribution is -2.51. The van der Waals surface area contributed by atoms with Crippen LogP contribution in [0, 0.1) is 0 Å². The molecule has 3 heterocycles. The van der Waals surface area contributed by atoms with Gasteiger partial charge >= 0.3 is 0 Å². The minimum absolute atomic E-state index is 0.0799. The second-order valence-electron chi connectivity index (χ2n) is 7.66. The molecular weight excluding hydrogens is 356 g/mol. The minimum atomic E-state index is -0.218. The van der Waals surface area contributed by atoms with Crippen molar-refractivity contribution >= 4 is 5.91 Å². The van der Waals surface area contributed by atoms with Crippen LogP contribution in [0.1, 0.15) is 41.2 Å². The number of carbonyl (C=O) groups is 1. The maximum atomic E-state index is 13.0. The Morgan fingerprint density at radius 2 is 1.79 bits per heavy atom. The van der Waals surface area contributed by atoms with Crippen molar-refractivity contribution in [3.63, 3.8) is 0 Å². The third-order valence-corrected chi connectivity index (χ3v) is 5.82. The molecule has 2 aromatic rings. The summed E-state index contributed by atoms with van der Waals surface area (Å²) in [4.78, 5) is 13.0. The maximum absolute atomic E-state index is 13.0. The van der Waals surface area contributed by atoms with Gasteiger partial charge in [-0.1, -0.05) is 18.2 Å². The van der Waals surface area contributed by atoms with Gasteiger partial charge in [0, 0.05) is 17.5 Å². The lowest BCUT2D eigenvalue weighted by molar-refractivity contribution is 0.00364. The van der Waals surface area contributed by atoms with E-state index >= 15 is 0 Å². The van der Waals surface area contributed by atoms with E-state index in [4.69, 9.17) is 14.2 Å². The second-order valence-corrected chi connectivity index (χ2v) is 7.66. The molecule has 6 heteroatoms. The zero-order valence-electron chi connectivity index (χ0n) is 15.7. The fourth-order valence-electron chi connectivity index (χ4n) is 4.36. The van der Waals surface area contributed by atoms with Crippen molar-refractivity contribution in [1.29, 1.82) is 0 Å². The molecule has 0 radical (unpaired) electrons. The largest absolute Gasteiger partial charge is 0.487 e. The van der Waals surface area contributed by atoms with E-state index in [1.54, 1.807) is 18.2 Å². The number of ether oxygens (including phenoxy) is 3. The summed E-state index contributed by atoms with van der Waals surface area (Å²) in [5, 5.41) is 6.63. The third kappa shape index (κ3) is 3.18. The monoisotopic (exact) mass is 380 g/mol. The highest BCUT2D eigenvalue weighted by molar-refractivity contribution is 5.95. The summed E-state index contributed by atoms with van der Waals surface area (Å²) in [7, 11) is 0. The zero-order chi connectivity index (χ0) is 19.0. The number of benzene rings is 2. The normalized spacial score (nSPS) is 22.1. The quantitative estimate of drug-likeness (QED) is 0.839. The molecule has 1 fully saturated rings. The molecule has 146 valence electrons. The molecule has 28 heavy (non-hydrogen) atoms. The number of para-hydroxylation sites is 1. The summed E-state index contributed by atoms with van der Waals surface area (Å²) >= 11 is 0. The van der Waals surface area contributed by atoms with Crippen LogP contribution < -0.4 is 24.8 Å². The second kappa shape index (κ2) is 7.02. The molecule has 3 aliphatic rings. The fourth-order valence-corrected chi connectivity index (χ4v) is 4.36. The van der Waals surface area contributed by atoms with Gasteiger partial charge in [0.25, 0.3) is 5.91 Å². The smallest absolute Gasteiger partial charge is 0.251 e. The van der Waals surface area contributed by atoms with E-state index in [0.717, 1.165) is 43.7 Å². The van der Waals surface area contributed by atoms with Crippen LogP contribution in [0.15, 0.2) is 42.5 Å². The lowest BCUT2D eigenvalue weighted by atomic mass is 9.81. The Bertz CT molecular complexity index is 892. The molecule has 0 saturated carbocycles. The number of carbonyl (C=O) groups excluding carboxylic acids is 1. The molecule has 1 amide bonds. The average molecular weight is 380 g/mol. The number of rotatable bonds is 2. The van der Waals surface area contributed by atoms with Crippen LogP contribution in [0.25, 0.3) is 0 Å². The summed E-state index contributed by atoms with van der Waals surface area (Å²) < 4.78 is 17.6. The molecule has 0 aliphatic carbocycles. The number of fused-ring (bicyclic) bond motifs is 2. The SMILES string of the molecule is O=C(NC1CC2(CCNCC2)Oc2ccccc21)c1ccc2c(c1)OCCO2. The van der Waals surface area contributed by atoms with Gasteiger partial charge in [0.05, 0.1) is 6.04 Å². The highest BCUT2D eigenvalue weighted by Gasteiger charge is 2.42. The molecule has 1 saturated heterocycles. The first kappa shape index (κ1) is 17.4. The predicted molar refractivity (Wildman–Crippen MR) is 104 cm³/mol. The van der Waals surface area contributed by atoms with Gasteiger partial charge in [-0.3, -0.25) is 4.79 Å². The van der Waals surface area contributed by atoms with Crippen LogP contribution in [0.4, 0.5) is 0 Å². The highest BCUT2D eigenvalue weighted by atomic mass is 16.6. The van der Waals surface area contributed by atoms with Crippen LogP contribution in [0.2, 0.25) is 0 Å². The topological polar surface area (TPSA) is 68.8 Å². The van der Waals surface area contributed by atoms with Crippen molar-refractivity contribution < 1.29 is 19.0 Å². The predicted octanol–water partition coefficient (Wildman–Crippen LogP) is 2.83. The van der Waals surface area contributed by atoms with E-state index in [1.807, 2.05) is 24.3 Å². The van der Waals surface area contributed by atoms with E-state index in [0.29, 0.717) is 30.3 Å². The van der Waals surface area contributed by atoms with Gasteiger partial charge in [-0.25, -0.2) is 0 Å². The third-order valence-electron chi connectivity index (χ3n) is 5.82. The van der Waals surface area contributed by atoms with Gasteiger partial charge in [0.2, 0.25) is 0 Å². The summed E-state index contributed by atoms with van der Waals surface area (Å²) in [6, 6.07) is 13.3. The van der Waals surface area contributed by atoms with Crippen molar-refractivity contribution in [2.75, 3.05) is 26.3 Å². The molecule has 1 unspecified atom stereocenters. The molecular formula is C22H24N2O4. The summed E-state index contributed by atoms with van der Waals surface area (Å²) in [5.41, 5.74) is 1.40. The highest BCUT2D eigenvalue weighted by Crippen LogP contribution is 2.43. The van der Waals surface area contributed by atoms with Crippen molar-refractivity contribution in [2.24, 2.45) is 0 Å². The standard InChI is InChI=1S/C22H24N2O4/c25-21(15-5-6-19-20(13-15)27-12-11-26-19)24-17-14-22(7-9-23-10-8-22)28-18-4-2-1-3-16(17)18/h1-6,13,17,23H,7-12,14H2,(H,24,25). The van der Waals surface area contributed by atoms with Crippen molar-refractivity contribution in [2.45, 2.75) is 30.9 Å². The number of amides is 1. The van der Waals surface area contributed by atoms with Crippen LogP contribution in [-0.2, 0) is 0 Å². The molecule has 5 rings (SSSR count). The Morgan fingerprint density at radius 1 is 1.00 bits per heavy atom. The van der Waals surface area contributed by atoms with E-state index in [2.05, 4.69) is 10.6 Å². The van der Waals surface area contributed by atoms with Crippen molar-refractivity contribution in [3.05, 3.63) is 53.6 Å². The maximum Gasteiger partial charge on any atom is 0.251 e. The summed E-state index contributed by atoms with van der Waals surface area (Å²) in [6.45, 7) is 2.91. The summed E-state index contributed by atoms with van der Waals surface area (Å²) in [6.07, 6.45) is 2.66. The van der Waals surface area contributed by atoms with Crippen molar-refractivity contribution in [1.82, 2.24) is 10.6 Å². The number of nitrogens with one attached hydrogen (secondary N) is 2. The van der Waals surface area contributed by atoms with E-state index in [9.17, 15) is 4.79 Å². The van der Waals surface area contributed by atoms with E-state index in [-0.39, 0.29) is 17.6 Å². The first-order valence-corrected chi connectivity index (χ1v) is 9.92. The van der Waals surface area contributed by atoms with Crippen LogP contribution in [0.5, 0.6) is 17.2 Å². The molecule has 1 atom stereocenters. The molecule has 6 nitrogen and oxygen atoms in total. The van der Waals surface area contributed by atoms with Crippen LogP contribution >= 0.6 is 0 Å². The van der Waals surface area contributed by atoms with E-state index < -0.39 is 0 Å². The van der Waals surface area contributed by atoms with Gasteiger partial charge in [-0.05, 0) is 50.2 Å². The Hall–Kier alpha value is -2.73. The molecule has 2 aromatic carbocycles.